The SMILES string of the molecule is O=P(NCC1CCCCC1)(NCC1CCCCC1)NCC1CCCCC1. The third-order valence-corrected chi connectivity index (χ3v) is 8.87. The van der Waals surface area contributed by atoms with E-state index >= 15 is 0 Å². The van der Waals surface area contributed by atoms with Crippen molar-refractivity contribution in [3.63, 3.8) is 0 Å². The van der Waals surface area contributed by atoms with Gasteiger partial charge in [0.1, 0.15) is 0 Å². The van der Waals surface area contributed by atoms with Gasteiger partial charge < -0.3 is 0 Å². The number of hydrogen-bond donors (Lipinski definition) is 3. The zero-order valence-electron chi connectivity index (χ0n) is 16.8. The molecule has 3 saturated carbocycles. The first-order valence-electron chi connectivity index (χ1n) is 11.6. The fourth-order valence-electron chi connectivity index (χ4n) is 5.11. The van der Waals surface area contributed by atoms with E-state index < -0.39 is 7.59 Å². The van der Waals surface area contributed by atoms with Crippen LogP contribution in [0.2, 0.25) is 0 Å². The van der Waals surface area contributed by atoms with E-state index in [0.717, 1.165) is 19.6 Å². The zero-order valence-corrected chi connectivity index (χ0v) is 17.7. The van der Waals surface area contributed by atoms with Gasteiger partial charge in [-0.15, -0.1) is 0 Å². The predicted molar refractivity (Wildman–Crippen MR) is 111 cm³/mol. The average Bonchev–Trinajstić information content (AvgIpc) is 2.72. The van der Waals surface area contributed by atoms with E-state index in [9.17, 15) is 4.57 Å². The van der Waals surface area contributed by atoms with Gasteiger partial charge in [-0.3, -0.25) is 4.57 Å². The molecule has 0 unspecified atom stereocenters. The molecule has 5 heteroatoms. The van der Waals surface area contributed by atoms with Crippen LogP contribution in [0.4, 0.5) is 0 Å². The van der Waals surface area contributed by atoms with E-state index in [1.165, 1.54) is 96.3 Å². The summed E-state index contributed by atoms with van der Waals surface area (Å²) in [6.07, 6.45) is 20.1. The van der Waals surface area contributed by atoms with Gasteiger partial charge in [0.15, 0.2) is 0 Å². The van der Waals surface area contributed by atoms with Crippen molar-refractivity contribution < 1.29 is 4.57 Å². The van der Waals surface area contributed by atoms with Gasteiger partial charge in [-0.25, -0.2) is 15.3 Å². The Balaban J connectivity index is 1.48. The maximum Gasteiger partial charge on any atom is 0.279 e. The lowest BCUT2D eigenvalue weighted by Gasteiger charge is -2.31. The van der Waals surface area contributed by atoms with Crippen molar-refractivity contribution in [1.29, 1.82) is 0 Å². The second-order valence-electron chi connectivity index (χ2n) is 9.21. The summed E-state index contributed by atoms with van der Waals surface area (Å²) in [5.74, 6) is 2.14. The molecule has 0 aromatic rings. The molecule has 0 atom stereocenters. The maximum atomic E-state index is 13.6. The highest BCUT2D eigenvalue weighted by atomic mass is 31.2. The van der Waals surface area contributed by atoms with Gasteiger partial charge in [0, 0.05) is 19.6 Å². The van der Waals surface area contributed by atoms with Gasteiger partial charge in [0.25, 0.3) is 7.59 Å². The van der Waals surface area contributed by atoms with Crippen molar-refractivity contribution in [2.45, 2.75) is 96.3 Å². The third-order valence-electron chi connectivity index (χ3n) is 6.98. The quantitative estimate of drug-likeness (QED) is 0.453. The molecule has 0 aromatic heterocycles. The first-order chi connectivity index (χ1) is 12.7. The maximum absolute atomic E-state index is 13.6. The predicted octanol–water partition coefficient (Wildman–Crippen LogP) is 5.60. The fraction of sp³-hybridized carbons (Fsp3) is 1.00. The van der Waals surface area contributed by atoms with E-state index in [0.29, 0.717) is 17.8 Å². The molecule has 3 fully saturated rings. The van der Waals surface area contributed by atoms with Crippen molar-refractivity contribution in [3.8, 4) is 0 Å². The van der Waals surface area contributed by atoms with Gasteiger partial charge in [-0.2, -0.15) is 0 Å². The third kappa shape index (κ3) is 7.26. The topological polar surface area (TPSA) is 53.2 Å². The molecule has 0 heterocycles. The van der Waals surface area contributed by atoms with Crippen LogP contribution < -0.4 is 15.3 Å². The first kappa shape index (κ1) is 20.8. The fourth-order valence-corrected chi connectivity index (χ4v) is 7.00. The van der Waals surface area contributed by atoms with Gasteiger partial charge in [-0.05, 0) is 56.3 Å². The normalized spacial score (nSPS) is 24.8. The molecule has 0 amide bonds. The highest BCUT2D eigenvalue weighted by Crippen LogP contribution is 2.35. The van der Waals surface area contributed by atoms with E-state index in [-0.39, 0.29) is 0 Å². The summed E-state index contributed by atoms with van der Waals surface area (Å²) >= 11 is 0. The zero-order chi connectivity index (χ0) is 18.1. The Morgan fingerprint density at radius 3 is 1.04 bits per heavy atom. The minimum atomic E-state index is -2.67. The minimum absolute atomic E-state index is 0.713. The van der Waals surface area contributed by atoms with Crippen molar-refractivity contribution in [1.82, 2.24) is 15.3 Å². The minimum Gasteiger partial charge on any atom is -0.271 e. The molecule has 0 aliphatic heterocycles. The molecule has 3 rings (SSSR count). The van der Waals surface area contributed by atoms with E-state index in [1.807, 2.05) is 0 Å². The lowest BCUT2D eigenvalue weighted by molar-refractivity contribution is 0.340. The van der Waals surface area contributed by atoms with Crippen LogP contribution >= 0.6 is 7.59 Å². The van der Waals surface area contributed by atoms with Crippen LogP contribution in [-0.4, -0.2) is 19.6 Å². The Kier molecular flexibility index (Phi) is 8.97. The molecular weight excluding hydrogens is 341 g/mol. The summed E-state index contributed by atoms with van der Waals surface area (Å²) in [5, 5.41) is 10.4. The summed E-state index contributed by atoms with van der Waals surface area (Å²) in [6.45, 7) is 2.73. The van der Waals surface area contributed by atoms with Crippen molar-refractivity contribution >= 4 is 7.59 Å². The molecule has 3 aliphatic carbocycles. The summed E-state index contributed by atoms with van der Waals surface area (Å²) in [7, 11) is -2.67. The van der Waals surface area contributed by atoms with Crippen LogP contribution in [0.1, 0.15) is 96.3 Å². The van der Waals surface area contributed by atoms with E-state index in [1.54, 1.807) is 0 Å². The Morgan fingerprint density at radius 2 is 0.769 bits per heavy atom. The van der Waals surface area contributed by atoms with Crippen LogP contribution in [0.25, 0.3) is 0 Å². The van der Waals surface area contributed by atoms with Gasteiger partial charge in [-0.1, -0.05) is 57.8 Å². The van der Waals surface area contributed by atoms with Crippen LogP contribution in [-0.2, 0) is 4.57 Å². The molecule has 0 saturated heterocycles. The molecule has 3 aliphatic rings. The van der Waals surface area contributed by atoms with Crippen molar-refractivity contribution in [3.05, 3.63) is 0 Å². The Hall–Kier alpha value is 0.110. The lowest BCUT2D eigenvalue weighted by atomic mass is 9.89. The monoisotopic (exact) mass is 383 g/mol. The highest BCUT2D eigenvalue weighted by Gasteiger charge is 2.26. The summed E-state index contributed by atoms with van der Waals surface area (Å²) in [5.41, 5.74) is 0. The standard InChI is InChI=1S/C21H42N3OP/c25-26(22-16-19-10-4-1-5-11-19,23-17-20-12-6-2-7-13-20)24-18-21-14-8-3-9-15-21/h19-21H,1-18H2,(H3,22,23,24,25). The highest BCUT2D eigenvalue weighted by molar-refractivity contribution is 7.57. The lowest BCUT2D eigenvalue weighted by Crippen LogP contribution is -2.39. The van der Waals surface area contributed by atoms with E-state index in [4.69, 9.17) is 0 Å². The van der Waals surface area contributed by atoms with Gasteiger partial charge in [0.2, 0.25) is 0 Å². The first-order valence-corrected chi connectivity index (χ1v) is 13.3. The number of hydrogen-bond acceptors (Lipinski definition) is 1. The number of nitrogens with one attached hydrogen (secondary N) is 3. The summed E-state index contributed by atoms with van der Waals surface area (Å²) in [6, 6.07) is 0. The van der Waals surface area contributed by atoms with Crippen LogP contribution in [0.15, 0.2) is 0 Å². The Labute approximate surface area is 161 Å². The molecule has 3 N–H and O–H groups in total. The molecule has 0 radical (unpaired) electrons. The van der Waals surface area contributed by atoms with Gasteiger partial charge >= 0.3 is 0 Å². The number of rotatable bonds is 9. The Morgan fingerprint density at radius 1 is 0.500 bits per heavy atom. The molecule has 4 nitrogen and oxygen atoms in total. The largest absolute Gasteiger partial charge is 0.279 e. The second kappa shape index (κ2) is 11.2. The van der Waals surface area contributed by atoms with Crippen molar-refractivity contribution in [2.24, 2.45) is 17.8 Å². The van der Waals surface area contributed by atoms with Crippen LogP contribution in [0.3, 0.4) is 0 Å². The summed E-state index contributed by atoms with van der Waals surface area (Å²) < 4.78 is 13.6. The average molecular weight is 384 g/mol. The van der Waals surface area contributed by atoms with Crippen molar-refractivity contribution in [2.75, 3.05) is 19.6 Å². The molecule has 26 heavy (non-hydrogen) atoms. The Bertz CT molecular complexity index is 365. The van der Waals surface area contributed by atoms with Crippen LogP contribution in [0, 0.1) is 17.8 Å². The smallest absolute Gasteiger partial charge is 0.271 e. The second-order valence-corrected chi connectivity index (χ2v) is 11.4. The molecular formula is C21H42N3OP. The van der Waals surface area contributed by atoms with Crippen LogP contribution in [0.5, 0.6) is 0 Å². The molecule has 0 spiro atoms. The molecule has 0 bridgehead atoms. The van der Waals surface area contributed by atoms with E-state index in [2.05, 4.69) is 15.3 Å². The summed E-state index contributed by atoms with van der Waals surface area (Å²) in [4.78, 5) is 0. The van der Waals surface area contributed by atoms with Gasteiger partial charge in [0.05, 0.1) is 0 Å². The molecule has 152 valence electrons. The molecule has 0 aromatic carbocycles.